The second kappa shape index (κ2) is 10.3. The lowest BCUT2D eigenvalue weighted by atomic mass is 9.99. The van der Waals surface area contributed by atoms with Gasteiger partial charge in [-0.1, -0.05) is 19.1 Å². The molecule has 0 heterocycles. The van der Waals surface area contributed by atoms with E-state index in [1.165, 1.54) is 7.11 Å². The SMILES string of the molecule is CCC(CC[C@H](N)C(=O)OC)C(=S)SC.Cl. The lowest BCUT2D eigenvalue weighted by Crippen LogP contribution is -2.32. The lowest BCUT2D eigenvalue weighted by Gasteiger charge is -2.16. The third kappa shape index (κ3) is 6.68. The quantitative estimate of drug-likeness (QED) is 0.600. The van der Waals surface area contributed by atoms with E-state index < -0.39 is 6.04 Å². The maximum atomic E-state index is 11.1. The van der Waals surface area contributed by atoms with Crippen LogP contribution in [0.15, 0.2) is 0 Å². The number of thiocarbonyl (C=S) groups is 1. The molecule has 0 bridgehead atoms. The summed E-state index contributed by atoms with van der Waals surface area (Å²) in [4.78, 5) is 11.1. The highest BCUT2D eigenvalue weighted by molar-refractivity contribution is 8.22. The van der Waals surface area contributed by atoms with Crippen LogP contribution in [0.1, 0.15) is 26.2 Å². The number of rotatable bonds is 6. The van der Waals surface area contributed by atoms with Crippen molar-refractivity contribution >= 4 is 46.6 Å². The van der Waals surface area contributed by atoms with Gasteiger partial charge < -0.3 is 10.5 Å². The third-order valence-electron chi connectivity index (χ3n) is 2.36. The summed E-state index contributed by atoms with van der Waals surface area (Å²) in [6.45, 7) is 2.09. The highest BCUT2D eigenvalue weighted by Crippen LogP contribution is 2.20. The molecule has 0 aliphatic carbocycles. The van der Waals surface area contributed by atoms with Crippen LogP contribution >= 0.6 is 36.4 Å². The molecular formula is C10H20ClNO2S2. The number of thioether (sulfide) groups is 1. The first-order valence-corrected chi connectivity index (χ1v) is 6.61. The fraction of sp³-hybridized carbons (Fsp3) is 0.800. The van der Waals surface area contributed by atoms with Gasteiger partial charge in [0.05, 0.1) is 11.3 Å². The van der Waals surface area contributed by atoms with Crippen LogP contribution in [-0.4, -0.2) is 29.6 Å². The second-order valence-electron chi connectivity index (χ2n) is 3.34. The van der Waals surface area contributed by atoms with Crippen LogP contribution in [0.5, 0.6) is 0 Å². The number of carbonyl (C=O) groups excluding carboxylic acids is 1. The van der Waals surface area contributed by atoms with E-state index in [9.17, 15) is 4.79 Å². The van der Waals surface area contributed by atoms with Crippen molar-refractivity contribution in [2.75, 3.05) is 13.4 Å². The van der Waals surface area contributed by atoms with Gasteiger partial charge >= 0.3 is 5.97 Å². The van der Waals surface area contributed by atoms with Gasteiger partial charge in [0.2, 0.25) is 0 Å². The molecule has 0 spiro atoms. The van der Waals surface area contributed by atoms with Crippen molar-refractivity contribution in [2.45, 2.75) is 32.2 Å². The minimum atomic E-state index is -0.520. The van der Waals surface area contributed by atoms with E-state index in [1.807, 2.05) is 6.26 Å². The normalized spacial score (nSPS) is 13.5. The van der Waals surface area contributed by atoms with Gasteiger partial charge in [0, 0.05) is 0 Å². The van der Waals surface area contributed by atoms with Crippen molar-refractivity contribution in [1.82, 2.24) is 0 Å². The first-order chi connectivity index (χ1) is 7.06. The Morgan fingerprint density at radius 1 is 1.50 bits per heavy atom. The number of hydrogen-bond donors (Lipinski definition) is 1. The van der Waals surface area contributed by atoms with Gasteiger partial charge in [0.15, 0.2) is 0 Å². The Kier molecular flexibility index (Phi) is 12.0. The molecule has 2 N–H and O–H groups in total. The van der Waals surface area contributed by atoms with Gasteiger partial charge in [0.1, 0.15) is 6.04 Å². The van der Waals surface area contributed by atoms with Crippen molar-refractivity contribution in [2.24, 2.45) is 11.7 Å². The molecule has 0 aliphatic rings. The van der Waals surface area contributed by atoms with Crippen LogP contribution in [0.4, 0.5) is 0 Å². The summed E-state index contributed by atoms with van der Waals surface area (Å²) < 4.78 is 5.56. The Hall–Kier alpha value is 0.160. The summed E-state index contributed by atoms with van der Waals surface area (Å²) in [5.74, 6) is 0.0191. The van der Waals surface area contributed by atoms with Crippen LogP contribution in [0, 0.1) is 5.92 Å². The van der Waals surface area contributed by atoms with E-state index in [1.54, 1.807) is 11.8 Å². The Labute approximate surface area is 113 Å². The molecule has 0 aromatic heterocycles. The molecule has 96 valence electrons. The van der Waals surface area contributed by atoms with E-state index in [2.05, 4.69) is 11.7 Å². The maximum absolute atomic E-state index is 11.1. The minimum Gasteiger partial charge on any atom is -0.468 e. The monoisotopic (exact) mass is 285 g/mol. The summed E-state index contributed by atoms with van der Waals surface area (Å²) >= 11 is 6.83. The standard InChI is InChI=1S/C10H19NO2S2.ClH/c1-4-7(10(14)15-3)5-6-8(11)9(12)13-2;/h7-8H,4-6,11H2,1-3H3;1H/t7?,8-;/m0./s1. The van der Waals surface area contributed by atoms with Gasteiger partial charge in [0.25, 0.3) is 0 Å². The number of ether oxygens (including phenoxy) is 1. The van der Waals surface area contributed by atoms with E-state index in [4.69, 9.17) is 18.0 Å². The fourth-order valence-electron chi connectivity index (χ4n) is 1.31. The van der Waals surface area contributed by atoms with E-state index in [0.717, 1.165) is 17.0 Å². The Balaban J connectivity index is 0. The van der Waals surface area contributed by atoms with Crippen LogP contribution in [0.2, 0.25) is 0 Å². The van der Waals surface area contributed by atoms with Crippen molar-refractivity contribution in [1.29, 1.82) is 0 Å². The topological polar surface area (TPSA) is 52.3 Å². The molecule has 0 saturated heterocycles. The van der Waals surface area contributed by atoms with Gasteiger partial charge in [-0.05, 0) is 31.4 Å². The molecule has 1 unspecified atom stereocenters. The van der Waals surface area contributed by atoms with Crippen LogP contribution < -0.4 is 5.73 Å². The smallest absolute Gasteiger partial charge is 0.322 e. The van der Waals surface area contributed by atoms with E-state index >= 15 is 0 Å². The number of halogens is 1. The zero-order valence-electron chi connectivity index (χ0n) is 9.89. The summed E-state index contributed by atoms with van der Waals surface area (Å²) in [5.41, 5.74) is 5.65. The Bertz CT molecular complexity index is 227. The van der Waals surface area contributed by atoms with Crippen molar-refractivity contribution < 1.29 is 9.53 Å². The molecule has 0 aromatic carbocycles. The zero-order chi connectivity index (χ0) is 11.8. The molecule has 2 atom stereocenters. The molecule has 0 saturated carbocycles. The number of esters is 1. The molecular weight excluding hydrogens is 266 g/mol. The minimum absolute atomic E-state index is 0. The Morgan fingerprint density at radius 3 is 2.44 bits per heavy atom. The molecule has 6 heteroatoms. The van der Waals surface area contributed by atoms with Gasteiger partial charge in [-0.25, -0.2) is 0 Å². The Morgan fingerprint density at radius 2 is 2.06 bits per heavy atom. The average Bonchev–Trinajstić information content (AvgIpc) is 2.27. The summed E-state index contributed by atoms with van der Waals surface area (Å²) in [6.07, 6.45) is 4.46. The first-order valence-electron chi connectivity index (χ1n) is 4.98. The molecule has 0 aromatic rings. The van der Waals surface area contributed by atoms with Crippen molar-refractivity contribution in [3.63, 3.8) is 0 Å². The van der Waals surface area contributed by atoms with E-state index in [0.29, 0.717) is 12.3 Å². The highest BCUT2D eigenvalue weighted by atomic mass is 35.5. The second-order valence-corrected chi connectivity index (χ2v) is 4.88. The fourth-order valence-corrected chi connectivity index (χ4v) is 2.21. The van der Waals surface area contributed by atoms with Crippen LogP contribution in [0.3, 0.4) is 0 Å². The molecule has 0 aliphatic heterocycles. The number of nitrogens with two attached hydrogens (primary N) is 1. The molecule has 3 nitrogen and oxygen atoms in total. The molecule has 0 fully saturated rings. The number of methoxy groups -OCH3 is 1. The van der Waals surface area contributed by atoms with Gasteiger partial charge in [-0.2, -0.15) is 0 Å². The summed E-state index contributed by atoms with van der Waals surface area (Å²) in [7, 11) is 1.35. The average molecular weight is 286 g/mol. The van der Waals surface area contributed by atoms with Crippen LogP contribution in [-0.2, 0) is 9.53 Å². The third-order valence-corrected chi connectivity index (χ3v) is 3.93. The largest absolute Gasteiger partial charge is 0.468 e. The van der Waals surface area contributed by atoms with Gasteiger partial charge in [-0.3, -0.25) is 4.79 Å². The number of hydrogen-bond acceptors (Lipinski definition) is 5. The number of carbonyl (C=O) groups is 1. The lowest BCUT2D eigenvalue weighted by molar-refractivity contribution is -0.142. The maximum Gasteiger partial charge on any atom is 0.322 e. The molecule has 16 heavy (non-hydrogen) atoms. The van der Waals surface area contributed by atoms with Crippen molar-refractivity contribution in [3.05, 3.63) is 0 Å². The summed E-state index contributed by atoms with van der Waals surface area (Å²) in [6, 6.07) is -0.520. The van der Waals surface area contributed by atoms with Crippen molar-refractivity contribution in [3.8, 4) is 0 Å². The molecule has 0 radical (unpaired) electrons. The van der Waals surface area contributed by atoms with Crippen LogP contribution in [0.25, 0.3) is 0 Å². The summed E-state index contributed by atoms with van der Waals surface area (Å²) in [5, 5.41) is 0. The predicted octanol–water partition coefficient (Wildman–Crippen LogP) is 2.41. The zero-order valence-corrected chi connectivity index (χ0v) is 12.3. The first kappa shape index (κ1) is 18.5. The molecule has 0 rings (SSSR count). The van der Waals surface area contributed by atoms with Gasteiger partial charge in [-0.15, -0.1) is 24.2 Å². The van der Waals surface area contributed by atoms with E-state index in [-0.39, 0.29) is 18.4 Å². The predicted molar refractivity (Wildman–Crippen MR) is 76.4 cm³/mol. The highest BCUT2D eigenvalue weighted by Gasteiger charge is 2.18. The molecule has 0 amide bonds.